The predicted molar refractivity (Wildman–Crippen MR) is 51.7 cm³/mol. The molecule has 0 aromatic carbocycles. The lowest BCUT2D eigenvalue weighted by molar-refractivity contribution is -0.0541. The molecule has 0 bridgehead atoms. The molecule has 0 aliphatic heterocycles. The second kappa shape index (κ2) is 4.46. The molecule has 1 aromatic heterocycles. The second-order valence-electron chi connectivity index (χ2n) is 3.29. The van der Waals surface area contributed by atoms with Crippen molar-refractivity contribution in [2.75, 3.05) is 13.7 Å². The topological polar surface area (TPSA) is 79.9 Å². The third-order valence-electron chi connectivity index (χ3n) is 2.29. The summed E-state index contributed by atoms with van der Waals surface area (Å²) in [4.78, 5) is 10.8. The number of furan rings is 1. The molecule has 2 N–H and O–H groups in total. The van der Waals surface area contributed by atoms with Gasteiger partial charge in [-0.15, -0.1) is 0 Å². The van der Waals surface area contributed by atoms with Crippen LogP contribution in [0.5, 0.6) is 0 Å². The molecule has 15 heavy (non-hydrogen) atoms. The fourth-order valence-electron chi connectivity index (χ4n) is 1.40. The van der Waals surface area contributed by atoms with Gasteiger partial charge in [0.1, 0.15) is 11.2 Å². The van der Waals surface area contributed by atoms with Crippen LogP contribution in [0.1, 0.15) is 29.5 Å². The van der Waals surface area contributed by atoms with Crippen LogP contribution in [0.4, 0.5) is 0 Å². The molecule has 0 fully saturated rings. The van der Waals surface area contributed by atoms with Gasteiger partial charge in [0.15, 0.2) is 5.76 Å². The van der Waals surface area contributed by atoms with E-state index in [9.17, 15) is 9.90 Å². The van der Waals surface area contributed by atoms with Crippen LogP contribution in [0, 0.1) is 0 Å². The molecule has 0 saturated heterocycles. The molecule has 0 amide bonds. The van der Waals surface area contributed by atoms with Crippen molar-refractivity contribution in [2.24, 2.45) is 0 Å². The molecule has 1 heterocycles. The van der Waals surface area contributed by atoms with Gasteiger partial charge in [0, 0.05) is 7.11 Å². The zero-order valence-corrected chi connectivity index (χ0v) is 8.69. The maximum atomic E-state index is 10.8. The van der Waals surface area contributed by atoms with Gasteiger partial charge in [0.2, 0.25) is 0 Å². The van der Waals surface area contributed by atoms with Gasteiger partial charge in [0.25, 0.3) is 0 Å². The van der Waals surface area contributed by atoms with Crippen molar-refractivity contribution in [1.82, 2.24) is 0 Å². The summed E-state index contributed by atoms with van der Waals surface area (Å²) in [5.41, 5.74) is -1.41. The first-order chi connectivity index (χ1) is 7.05. The van der Waals surface area contributed by atoms with Crippen molar-refractivity contribution in [3.63, 3.8) is 0 Å². The standard InChI is InChI=1S/C10H14O5/c1-3-10(13,6-14-2)8-7(9(11)12)4-5-15-8/h4-5,13H,3,6H2,1-2H3,(H,11,12). The van der Waals surface area contributed by atoms with Crippen LogP contribution < -0.4 is 0 Å². The molecule has 1 atom stereocenters. The smallest absolute Gasteiger partial charge is 0.339 e. The van der Waals surface area contributed by atoms with E-state index in [1.165, 1.54) is 19.4 Å². The Kier molecular flexibility index (Phi) is 3.49. The lowest BCUT2D eigenvalue weighted by Crippen LogP contribution is -2.31. The van der Waals surface area contributed by atoms with Crippen LogP contribution >= 0.6 is 0 Å². The second-order valence-corrected chi connectivity index (χ2v) is 3.29. The molecular formula is C10H14O5. The van der Waals surface area contributed by atoms with Crippen molar-refractivity contribution >= 4 is 5.97 Å². The van der Waals surface area contributed by atoms with Crippen LogP contribution in [-0.2, 0) is 10.3 Å². The monoisotopic (exact) mass is 214 g/mol. The van der Waals surface area contributed by atoms with Crippen LogP contribution in [-0.4, -0.2) is 29.9 Å². The fourth-order valence-corrected chi connectivity index (χ4v) is 1.40. The first-order valence-electron chi connectivity index (χ1n) is 4.57. The van der Waals surface area contributed by atoms with Crippen LogP contribution in [0.2, 0.25) is 0 Å². The summed E-state index contributed by atoms with van der Waals surface area (Å²) in [7, 11) is 1.43. The molecular weight excluding hydrogens is 200 g/mol. The molecule has 0 saturated carbocycles. The van der Waals surface area contributed by atoms with Crippen molar-refractivity contribution in [3.05, 3.63) is 23.7 Å². The summed E-state index contributed by atoms with van der Waals surface area (Å²) in [6, 6.07) is 1.31. The summed E-state index contributed by atoms with van der Waals surface area (Å²) in [5.74, 6) is -1.08. The molecule has 1 aromatic rings. The van der Waals surface area contributed by atoms with Crippen LogP contribution in [0.15, 0.2) is 16.7 Å². The van der Waals surface area contributed by atoms with E-state index in [-0.39, 0.29) is 17.9 Å². The van der Waals surface area contributed by atoms with E-state index >= 15 is 0 Å². The first kappa shape index (κ1) is 11.7. The minimum atomic E-state index is -1.38. The van der Waals surface area contributed by atoms with Crippen LogP contribution in [0.3, 0.4) is 0 Å². The summed E-state index contributed by atoms with van der Waals surface area (Å²) in [6.45, 7) is 1.73. The van der Waals surface area contributed by atoms with Crippen molar-refractivity contribution in [2.45, 2.75) is 18.9 Å². The molecule has 0 spiro atoms. The van der Waals surface area contributed by atoms with E-state index in [4.69, 9.17) is 14.3 Å². The number of aromatic carboxylic acids is 1. The number of ether oxygens (including phenoxy) is 1. The lowest BCUT2D eigenvalue weighted by Gasteiger charge is -2.23. The van der Waals surface area contributed by atoms with Gasteiger partial charge >= 0.3 is 5.97 Å². The number of carboxylic acid groups (broad SMARTS) is 1. The van der Waals surface area contributed by atoms with E-state index in [1.54, 1.807) is 6.92 Å². The zero-order chi connectivity index (χ0) is 11.5. The zero-order valence-electron chi connectivity index (χ0n) is 8.69. The number of aliphatic hydroxyl groups is 1. The molecule has 1 rings (SSSR count). The minimum Gasteiger partial charge on any atom is -0.478 e. The molecule has 5 nitrogen and oxygen atoms in total. The van der Waals surface area contributed by atoms with Crippen molar-refractivity contribution < 1.29 is 24.2 Å². The Morgan fingerprint density at radius 3 is 2.80 bits per heavy atom. The van der Waals surface area contributed by atoms with E-state index in [0.29, 0.717) is 6.42 Å². The Labute approximate surface area is 87.3 Å². The number of hydrogen-bond acceptors (Lipinski definition) is 4. The molecule has 5 heteroatoms. The molecule has 0 aliphatic rings. The van der Waals surface area contributed by atoms with E-state index < -0.39 is 11.6 Å². The molecule has 0 radical (unpaired) electrons. The first-order valence-corrected chi connectivity index (χ1v) is 4.57. The summed E-state index contributed by atoms with van der Waals surface area (Å²) >= 11 is 0. The van der Waals surface area contributed by atoms with Gasteiger partial charge in [-0.2, -0.15) is 0 Å². The van der Waals surface area contributed by atoms with Gasteiger partial charge in [-0.25, -0.2) is 4.79 Å². The number of carboxylic acids is 1. The Bertz CT molecular complexity index is 343. The average Bonchev–Trinajstić information content (AvgIpc) is 2.67. The third kappa shape index (κ3) is 2.19. The maximum Gasteiger partial charge on any atom is 0.339 e. The highest BCUT2D eigenvalue weighted by Gasteiger charge is 2.35. The molecule has 0 aliphatic carbocycles. The Balaban J connectivity index is 3.11. The van der Waals surface area contributed by atoms with Gasteiger partial charge in [-0.1, -0.05) is 6.92 Å². The lowest BCUT2D eigenvalue weighted by atomic mass is 9.95. The average molecular weight is 214 g/mol. The highest BCUT2D eigenvalue weighted by molar-refractivity contribution is 5.89. The predicted octanol–water partition coefficient (Wildman–Crippen LogP) is 1.22. The summed E-state index contributed by atoms with van der Waals surface area (Å²) in [6.07, 6.45) is 1.56. The highest BCUT2D eigenvalue weighted by Crippen LogP contribution is 2.29. The quantitative estimate of drug-likeness (QED) is 0.770. The van der Waals surface area contributed by atoms with Gasteiger partial charge in [-0.3, -0.25) is 0 Å². The van der Waals surface area contributed by atoms with Gasteiger partial charge in [-0.05, 0) is 12.5 Å². The Hall–Kier alpha value is -1.33. The van der Waals surface area contributed by atoms with Crippen molar-refractivity contribution in [1.29, 1.82) is 0 Å². The number of rotatable bonds is 5. The fraction of sp³-hybridized carbons (Fsp3) is 0.500. The van der Waals surface area contributed by atoms with Gasteiger partial charge < -0.3 is 19.4 Å². The van der Waals surface area contributed by atoms with Crippen molar-refractivity contribution in [3.8, 4) is 0 Å². The normalized spacial score (nSPS) is 14.9. The molecule has 84 valence electrons. The van der Waals surface area contributed by atoms with E-state index in [2.05, 4.69) is 0 Å². The maximum absolute atomic E-state index is 10.8. The van der Waals surface area contributed by atoms with Gasteiger partial charge in [0.05, 0.1) is 12.9 Å². The van der Waals surface area contributed by atoms with E-state index in [1.807, 2.05) is 0 Å². The van der Waals surface area contributed by atoms with Crippen LogP contribution in [0.25, 0.3) is 0 Å². The molecule has 1 unspecified atom stereocenters. The number of methoxy groups -OCH3 is 1. The minimum absolute atomic E-state index is 0.00269. The summed E-state index contributed by atoms with van der Waals surface area (Å²) < 4.78 is 9.88. The largest absolute Gasteiger partial charge is 0.478 e. The SMILES string of the molecule is CCC(O)(COC)c1occc1C(=O)O. The van der Waals surface area contributed by atoms with E-state index in [0.717, 1.165) is 0 Å². The highest BCUT2D eigenvalue weighted by atomic mass is 16.5. The Morgan fingerprint density at radius 1 is 1.67 bits per heavy atom. The number of carbonyl (C=O) groups is 1. The number of hydrogen-bond donors (Lipinski definition) is 2. The Morgan fingerprint density at radius 2 is 2.33 bits per heavy atom. The third-order valence-corrected chi connectivity index (χ3v) is 2.29. The summed E-state index contributed by atoms with van der Waals surface area (Å²) in [5, 5.41) is 19.0.